The van der Waals surface area contributed by atoms with Crippen LogP contribution >= 0.6 is 0 Å². The van der Waals surface area contributed by atoms with Crippen molar-refractivity contribution in [3.63, 3.8) is 0 Å². The number of hydrogen-bond acceptors (Lipinski definition) is 3. The lowest BCUT2D eigenvalue weighted by atomic mass is 10.1. The third-order valence-electron chi connectivity index (χ3n) is 2.90. The van der Waals surface area contributed by atoms with Gasteiger partial charge in [-0.25, -0.2) is 4.79 Å². The normalized spacial score (nSPS) is 9.90. The first-order valence-electron chi connectivity index (χ1n) is 6.28. The highest BCUT2D eigenvalue weighted by Gasteiger charge is 2.10. The van der Waals surface area contributed by atoms with Crippen LogP contribution in [0.1, 0.15) is 15.9 Å². The Morgan fingerprint density at radius 2 is 1.71 bits per heavy atom. The standard InChI is InChI=1S/C15H15N3O3/c16-12-7-3-2-6-11(12)14(19)17-9-10-5-1-4-8-13(10)18-15(20)21/h1-8,18H,9,16H2,(H,17,19)(H,20,21). The predicted molar refractivity (Wildman–Crippen MR) is 80.1 cm³/mol. The smallest absolute Gasteiger partial charge is 0.409 e. The van der Waals surface area contributed by atoms with Gasteiger partial charge in [-0.15, -0.1) is 0 Å². The first kappa shape index (κ1) is 14.4. The molecule has 6 heteroatoms. The van der Waals surface area contributed by atoms with E-state index < -0.39 is 6.09 Å². The summed E-state index contributed by atoms with van der Waals surface area (Å²) in [6.07, 6.45) is -1.15. The Morgan fingerprint density at radius 3 is 2.43 bits per heavy atom. The van der Waals surface area contributed by atoms with Crippen molar-refractivity contribution in [1.82, 2.24) is 5.32 Å². The largest absolute Gasteiger partial charge is 0.465 e. The average Bonchev–Trinajstić information content (AvgIpc) is 2.46. The highest BCUT2D eigenvalue weighted by Crippen LogP contribution is 2.15. The molecule has 0 aliphatic heterocycles. The van der Waals surface area contributed by atoms with Crippen molar-refractivity contribution in [2.45, 2.75) is 6.54 Å². The van der Waals surface area contributed by atoms with Gasteiger partial charge in [0.25, 0.3) is 5.91 Å². The molecule has 0 aliphatic rings. The Kier molecular flexibility index (Phi) is 4.40. The molecule has 6 nitrogen and oxygen atoms in total. The predicted octanol–water partition coefficient (Wildman–Crippen LogP) is 2.29. The number of nitrogens with two attached hydrogens (primary N) is 1. The Labute approximate surface area is 121 Å². The number of para-hydroxylation sites is 2. The lowest BCUT2D eigenvalue weighted by Gasteiger charge is -2.11. The summed E-state index contributed by atoms with van der Waals surface area (Å²) in [5.74, 6) is -0.307. The molecule has 5 N–H and O–H groups in total. The number of benzene rings is 2. The van der Waals surface area contributed by atoms with E-state index in [4.69, 9.17) is 10.8 Å². The molecule has 2 aromatic carbocycles. The second-order valence-corrected chi connectivity index (χ2v) is 4.36. The number of carbonyl (C=O) groups excluding carboxylic acids is 1. The van der Waals surface area contributed by atoms with E-state index in [0.717, 1.165) is 0 Å². The van der Waals surface area contributed by atoms with Crippen LogP contribution in [0.25, 0.3) is 0 Å². The van der Waals surface area contributed by atoms with Crippen molar-refractivity contribution in [2.24, 2.45) is 0 Å². The number of nitrogen functional groups attached to an aromatic ring is 1. The zero-order valence-electron chi connectivity index (χ0n) is 11.2. The van der Waals surface area contributed by atoms with Gasteiger partial charge in [0.2, 0.25) is 0 Å². The summed E-state index contributed by atoms with van der Waals surface area (Å²) in [7, 11) is 0. The van der Waals surface area contributed by atoms with E-state index in [9.17, 15) is 9.59 Å². The van der Waals surface area contributed by atoms with Crippen LogP contribution in [-0.2, 0) is 6.54 Å². The molecule has 0 unspecified atom stereocenters. The number of rotatable bonds is 4. The van der Waals surface area contributed by atoms with E-state index in [0.29, 0.717) is 22.5 Å². The molecule has 0 aliphatic carbocycles. The molecule has 0 aromatic heterocycles. The zero-order chi connectivity index (χ0) is 15.2. The Balaban J connectivity index is 2.08. The maximum absolute atomic E-state index is 12.0. The van der Waals surface area contributed by atoms with Gasteiger partial charge in [0.15, 0.2) is 0 Å². The molecule has 0 fully saturated rings. The zero-order valence-corrected chi connectivity index (χ0v) is 11.2. The average molecular weight is 285 g/mol. The molecule has 108 valence electrons. The first-order valence-corrected chi connectivity index (χ1v) is 6.28. The van der Waals surface area contributed by atoms with Gasteiger partial charge in [-0.1, -0.05) is 30.3 Å². The fourth-order valence-electron chi connectivity index (χ4n) is 1.89. The van der Waals surface area contributed by atoms with Crippen LogP contribution in [-0.4, -0.2) is 17.1 Å². The van der Waals surface area contributed by atoms with Crippen molar-refractivity contribution in [1.29, 1.82) is 0 Å². The highest BCUT2D eigenvalue weighted by molar-refractivity contribution is 5.99. The van der Waals surface area contributed by atoms with E-state index in [2.05, 4.69) is 10.6 Å². The van der Waals surface area contributed by atoms with Crippen LogP contribution in [0.3, 0.4) is 0 Å². The number of carboxylic acid groups (broad SMARTS) is 1. The summed E-state index contributed by atoms with van der Waals surface area (Å²) in [6.45, 7) is 0.198. The molecular formula is C15H15N3O3. The van der Waals surface area contributed by atoms with Crippen molar-refractivity contribution in [2.75, 3.05) is 11.1 Å². The summed E-state index contributed by atoms with van der Waals surface area (Å²) < 4.78 is 0. The maximum Gasteiger partial charge on any atom is 0.409 e. The van der Waals surface area contributed by atoms with Gasteiger partial charge >= 0.3 is 6.09 Å². The second kappa shape index (κ2) is 6.42. The van der Waals surface area contributed by atoms with Gasteiger partial charge in [0, 0.05) is 17.9 Å². The van der Waals surface area contributed by atoms with Gasteiger partial charge in [-0.2, -0.15) is 0 Å². The summed E-state index contributed by atoms with van der Waals surface area (Å²) in [5.41, 5.74) is 7.63. The third kappa shape index (κ3) is 3.73. The molecule has 2 aromatic rings. The topological polar surface area (TPSA) is 104 Å². The SMILES string of the molecule is Nc1ccccc1C(=O)NCc1ccccc1NC(=O)O. The van der Waals surface area contributed by atoms with Crippen molar-refractivity contribution in [3.8, 4) is 0 Å². The lowest BCUT2D eigenvalue weighted by Crippen LogP contribution is -2.24. The van der Waals surface area contributed by atoms with E-state index in [-0.39, 0.29) is 12.5 Å². The number of carbonyl (C=O) groups is 2. The molecule has 0 bridgehead atoms. The minimum atomic E-state index is -1.15. The van der Waals surface area contributed by atoms with Gasteiger partial charge in [0.05, 0.1) is 5.56 Å². The minimum Gasteiger partial charge on any atom is -0.465 e. The second-order valence-electron chi connectivity index (χ2n) is 4.36. The maximum atomic E-state index is 12.0. The van der Waals surface area contributed by atoms with Crippen molar-refractivity contribution < 1.29 is 14.7 Å². The quantitative estimate of drug-likeness (QED) is 0.647. The fourth-order valence-corrected chi connectivity index (χ4v) is 1.89. The number of hydrogen-bond donors (Lipinski definition) is 4. The summed E-state index contributed by atoms with van der Waals surface area (Å²) >= 11 is 0. The molecular weight excluding hydrogens is 270 g/mol. The first-order chi connectivity index (χ1) is 10.1. The Morgan fingerprint density at radius 1 is 1.05 bits per heavy atom. The highest BCUT2D eigenvalue weighted by atomic mass is 16.4. The van der Waals surface area contributed by atoms with Crippen molar-refractivity contribution >= 4 is 23.4 Å². The molecule has 0 saturated carbocycles. The van der Waals surface area contributed by atoms with Crippen molar-refractivity contribution in [3.05, 3.63) is 59.7 Å². The number of anilines is 2. The summed E-state index contributed by atoms with van der Waals surface area (Å²) in [4.78, 5) is 22.8. The van der Waals surface area contributed by atoms with Crippen LogP contribution in [0.15, 0.2) is 48.5 Å². The molecule has 0 heterocycles. The lowest BCUT2D eigenvalue weighted by molar-refractivity contribution is 0.0952. The molecule has 2 rings (SSSR count). The molecule has 21 heavy (non-hydrogen) atoms. The number of amides is 2. The summed E-state index contributed by atoms with van der Waals surface area (Å²) in [5, 5.41) is 13.8. The Bertz CT molecular complexity index is 671. The van der Waals surface area contributed by atoms with Crippen LogP contribution in [0.2, 0.25) is 0 Å². The van der Waals surface area contributed by atoms with Crippen LogP contribution in [0.5, 0.6) is 0 Å². The monoisotopic (exact) mass is 285 g/mol. The van der Waals surface area contributed by atoms with E-state index in [1.165, 1.54) is 0 Å². The molecule has 0 radical (unpaired) electrons. The molecule has 2 amide bonds. The molecule has 0 atom stereocenters. The van der Waals surface area contributed by atoms with E-state index in [1.54, 1.807) is 48.5 Å². The van der Waals surface area contributed by atoms with Crippen LogP contribution < -0.4 is 16.4 Å². The minimum absolute atomic E-state index is 0.198. The fraction of sp³-hybridized carbons (Fsp3) is 0.0667. The molecule has 0 spiro atoms. The number of nitrogens with one attached hydrogen (secondary N) is 2. The van der Waals surface area contributed by atoms with E-state index >= 15 is 0 Å². The summed E-state index contributed by atoms with van der Waals surface area (Å²) in [6, 6.07) is 13.6. The van der Waals surface area contributed by atoms with E-state index in [1.807, 2.05) is 0 Å². The van der Waals surface area contributed by atoms with Gasteiger partial charge < -0.3 is 16.2 Å². The molecule has 0 saturated heterocycles. The van der Waals surface area contributed by atoms with Gasteiger partial charge in [-0.3, -0.25) is 10.1 Å². The van der Waals surface area contributed by atoms with Gasteiger partial charge in [0.1, 0.15) is 0 Å². The van der Waals surface area contributed by atoms with Crippen LogP contribution in [0.4, 0.5) is 16.2 Å². The van der Waals surface area contributed by atoms with Crippen LogP contribution in [0, 0.1) is 0 Å². The van der Waals surface area contributed by atoms with Gasteiger partial charge in [-0.05, 0) is 23.8 Å². The Hall–Kier alpha value is -3.02. The third-order valence-corrected chi connectivity index (χ3v) is 2.90.